The van der Waals surface area contributed by atoms with Gasteiger partial charge in [0.1, 0.15) is 10.8 Å². The van der Waals surface area contributed by atoms with Crippen LogP contribution in [0.5, 0.6) is 0 Å². The van der Waals surface area contributed by atoms with E-state index in [9.17, 15) is 4.39 Å². The molecule has 0 radical (unpaired) electrons. The van der Waals surface area contributed by atoms with Gasteiger partial charge in [0, 0.05) is 26.0 Å². The lowest BCUT2D eigenvalue weighted by molar-refractivity contribution is 0.631. The summed E-state index contributed by atoms with van der Waals surface area (Å²) in [5.74, 6) is -0.356. The lowest BCUT2D eigenvalue weighted by atomic mass is 10.2. The molecule has 100 valence electrons. The number of thiazole rings is 1. The first-order valence-corrected chi connectivity index (χ1v) is 7.86. The summed E-state index contributed by atoms with van der Waals surface area (Å²) in [6.45, 7) is 0. The molecule has 0 N–H and O–H groups in total. The Morgan fingerprint density at radius 2 is 1.90 bits per heavy atom. The number of rotatable bonds is 2. The SMILES string of the molecule is Fc1cc(Cl)ccc1-c1nc(-c2ccccc2Br)cs1. The van der Waals surface area contributed by atoms with Gasteiger partial charge in [0.05, 0.1) is 5.69 Å². The molecule has 0 spiro atoms. The third kappa shape index (κ3) is 2.64. The van der Waals surface area contributed by atoms with E-state index in [2.05, 4.69) is 20.9 Å². The summed E-state index contributed by atoms with van der Waals surface area (Å²) in [6.07, 6.45) is 0. The van der Waals surface area contributed by atoms with Gasteiger partial charge in [-0.1, -0.05) is 45.7 Å². The van der Waals surface area contributed by atoms with E-state index in [1.54, 1.807) is 12.1 Å². The van der Waals surface area contributed by atoms with E-state index in [4.69, 9.17) is 11.6 Å². The molecule has 0 aliphatic carbocycles. The van der Waals surface area contributed by atoms with Gasteiger partial charge in [0.25, 0.3) is 0 Å². The Bertz CT molecular complexity index is 772. The van der Waals surface area contributed by atoms with Crippen LogP contribution >= 0.6 is 38.9 Å². The third-order valence-electron chi connectivity index (χ3n) is 2.82. The van der Waals surface area contributed by atoms with Gasteiger partial charge in [0.15, 0.2) is 0 Å². The fourth-order valence-corrected chi connectivity index (χ4v) is 3.35. The molecule has 2 aromatic carbocycles. The first-order valence-electron chi connectivity index (χ1n) is 5.81. The molecule has 0 bridgehead atoms. The molecule has 3 rings (SSSR count). The average Bonchev–Trinajstić information content (AvgIpc) is 2.88. The van der Waals surface area contributed by atoms with Crippen LogP contribution in [0.25, 0.3) is 21.8 Å². The zero-order chi connectivity index (χ0) is 14.1. The molecule has 0 atom stereocenters. The quantitative estimate of drug-likeness (QED) is 0.538. The van der Waals surface area contributed by atoms with E-state index in [1.807, 2.05) is 29.6 Å². The highest BCUT2D eigenvalue weighted by atomic mass is 79.9. The third-order valence-corrected chi connectivity index (χ3v) is 4.62. The Hall–Kier alpha value is -1.23. The summed E-state index contributed by atoms with van der Waals surface area (Å²) < 4.78 is 14.9. The van der Waals surface area contributed by atoms with Gasteiger partial charge >= 0.3 is 0 Å². The molecular formula is C15H8BrClFNS. The second kappa shape index (κ2) is 5.64. The minimum absolute atomic E-state index is 0.356. The number of hydrogen-bond acceptors (Lipinski definition) is 2. The van der Waals surface area contributed by atoms with Gasteiger partial charge in [-0.15, -0.1) is 11.3 Å². The molecule has 1 heterocycles. The molecule has 0 saturated heterocycles. The minimum Gasteiger partial charge on any atom is -0.236 e. The summed E-state index contributed by atoms with van der Waals surface area (Å²) in [6, 6.07) is 12.4. The van der Waals surface area contributed by atoms with Crippen molar-refractivity contribution in [3.05, 3.63) is 63.2 Å². The van der Waals surface area contributed by atoms with Crippen molar-refractivity contribution in [3.63, 3.8) is 0 Å². The standard InChI is InChI=1S/C15H8BrClFNS/c16-12-4-2-1-3-10(12)14-8-20-15(19-14)11-6-5-9(17)7-13(11)18/h1-8H. The van der Waals surface area contributed by atoms with Crippen LogP contribution in [0, 0.1) is 5.82 Å². The molecule has 0 unspecified atom stereocenters. The monoisotopic (exact) mass is 367 g/mol. The number of hydrogen-bond donors (Lipinski definition) is 0. The first-order chi connectivity index (χ1) is 9.65. The van der Waals surface area contributed by atoms with Gasteiger partial charge in [-0.25, -0.2) is 9.37 Å². The van der Waals surface area contributed by atoms with Crippen LogP contribution in [0.15, 0.2) is 52.3 Å². The summed E-state index contributed by atoms with van der Waals surface area (Å²) in [4.78, 5) is 4.51. The van der Waals surface area contributed by atoms with Crippen molar-refractivity contribution in [1.82, 2.24) is 4.98 Å². The molecule has 1 nitrogen and oxygen atoms in total. The highest BCUT2D eigenvalue weighted by molar-refractivity contribution is 9.10. The average molecular weight is 369 g/mol. The fourth-order valence-electron chi connectivity index (χ4n) is 1.85. The van der Waals surface area contributed by atoms with E-state index in [0.29, 0.717) is 15.6 Å². The number of benzene rings is 2. The van der Waals surface area contributed by atoms with Crippen molar-refractivity contribution in [3.8, 4) is 21.8 Å². The number of nitrogens with zero attached hydrogens (tertiary/aromatic N) is 1. The molecule has 1 aromatic heterocycles. The summed E-state index contributed by atoms with van der Waals surface area (Å²) in [5, 5.41) is 2.95. The highest BCUT2D eigenvalue weighted by Crippen LogP contribution is 2.34. The van der Waals surface area contributed by atoms with Crippen molar-refractivity contribution in [2.45, 2.75) is 0 Å². The normalized spacial score (nSPS) is 10.8. The molecule has 20 heavy (non-hydrogen) atoms. The second-order valence-corrected chi connectivity index (χ2v) is 6.29. The molecule has 0 aliphatic heterocycles. The van der Waals surface area contributed by atoms with E-state index in [-0.39, 0.29) is 5.82 Å². The van der Waals surface area contributed by atoms with Crippen molar-refractivity contribution >= 4 is 38.9 Å². The van der Waals surface area contributed by atoms with Crippen LogP contribution in [-0.2, 0) is 0 Å². The maximum atomic E-state index is 13.9. The van der Waals surface area contributed by atoms with Crippen LogP contribution in [0.4, 0.5) is 4.39 Å². The summed E-state index contributed by atoms with van der Waals surface area (Å²) in [5.41, 5.74) is 2.29. The Morgan fingerprint density at radius 3 is 2.65 bits per heavy atom. The van der Waals surface area contributed by atoms with Crippen molar-refractivity contribution < 1.29 is 4.39 Å². The van der Waals surface area contributed by atoms with E-state index in [0.717, 1.165) is 15.7 Å². The zero-order valence-electron chi connectivity index (χ0n) is 10.1. The largest absolute Gasteiger partial charge is 0.236 e. The van der Waals surface area contributed by atoms with Crippen LogP contribution < -0.4 is 0 Å². The molecule has 0 saturated carbocycles. The Labute approximate surface area is 133 Å². The lowest BCUT2D eigenvalue weighted by Gasteiger charge is -2.01. The predicted molar refractivity (Wildman–Crippen MR) is 85.7 cm³/mol. The lowest BCUT2D eigenvalue weighted by Crippen LogP contribution is -1.84. The van der Waals surface area contributed by atoms with Crippen LogP contribution in [0.2, 0.25) is 5.02 Å². The first kappa shape index (κ1) is 13.7. The molecular weight excluding hydrogens is 361 g/mol. The molecule has 0 fully saturated rings. The molecule has 0 amide bonds. The van der Waals surface area contributed by atoms with Crippen molar-refractivity contribution in [1.29, 1.82) is 0 Å². The van der Waals surface area contributed by atoms with Crippen LogP contribution in [0.3, 0.4) is 0 Å². The second-order valence-electron chi connectivity index (χ2n) is 4.14. The van der Waals surface area contributed by atoms with Crippen molar-refractivity contribution in [2.75, 3.05) is 0 Å². The number of aromatic nitrogens is 1. The predicted octanol–water partition coefficient (Wildman–Crippen LogP) is 6.03. The van der Waals surface area contributed by atoms with Gasteiger partial charge in [-0.05, 0) is 24.3 Å². The van der Waals surface area contributed by atoms with E-state index in [1.165, 1.54) is 17.4 Å². The summed E-state index contributed by atoms with van der Waals surface area (Å²) >= 11 is 10.7. The van der Waals surface area contributed by atoms with Gasteiger partial charge in [-0.2, -0.15) is 0 Å². The number of halogens is 3. The topological polar surface area (TPSA) is 12.9 Å². The van der Waals surface area contributed by atoms with Gasteiger partial charge in [0.2, 0.25) is 0 Å². The molecule has 0 aliphatic rings. The fraction of sp³-hybridized carbons (Fsp3) is 0. The highest BCUT2D eigenvalue weighted by Gasteiger charge is 2.12. The van der Waals surface area contributed by atoms with Crippen LogP contribution in [-0.4, -0.2) is 4.98 Å². The van der Waals surface area contributed by atoms with E-state index < -0.39 is 0 Å². The molecule has 5 heteroatoms. The Kier molecular flexibility index (Phi) is 3.87. The maximum Gasteiger partial charge on any atom is 0.134 e. The van der Waals surface area contributed by atoms with Crippen LogP contribution in [0.1, 0.15) is 0 Å². The summed E-state index contributed by atoms with van der Waals surface area (Å²) in [7, 11) is 0. The smallest absolute Gasteiger partial charge is 0.134 e. The maximum absolute atomic E-state index is 13.9. The van der Waals surface area contributed by atoms with Gasteiger partial charge < -0.3 is 0 Å². The minimum atomic E-state index is -0.356. The molecule has 3 aromatic rings. The van der Waals surface area contributed by atoms with Gasteiger partial charge in [-0.3, -0.25) is 0 Å². The zero-order valence-corrected chi connectivity index (χ0v) is 13.3. The van der Waals surface area contributed by atoms with E-state index >= 15 is 0 Å². The van der Waals surface area contributed by atoms with Crippen molar-refractivity contribution in [2.24, 2.45) is 0 Å². The Balaban J connectivity index is 2.04. The Morgan fingerprint density at radius 1 is 1.10 bits per heavy atom.